The van der Waals surface area contributed by atoms with Gasteiger partial charge in [0, 0.05) is 12.6 Å². The molecular weight excluding hydrogens is 451 g/mol. The maximum atomic E-state index is 12.1. The van der Waals surface area contributed by atoms with Crippen molar-refractivity contribution in [2.75, 3.05) is 6.54 Å². The van der Waals surface area contributed by atoms with Crippen LogP contribution in [0, 0.1) is 5.92 Å². The van der Waals surface area contributed by atoms with Crippen molar-refractivity contribution in [3.8, 4) is 0 Å². The number of rotatable bonds is 9. The summed E-state index contributed by atoms with van der Waals surface area (Å²) in [5.74, 6) is 0.927. The molecule has 0 fully saturated rings. The third kappa shape index (κ3) is 10.7. The van der Waals surface area contributed by atoms with Crippen molar-refractivity contribution in [3.63, 3.8) is 0 Å². The fourth-order valence-corrected chi connectivity index (χ4v) is 3.67. The highest BCUT2D eigenvalue weighted by molar-refractivity contribution is 14.0. The highest BCUT2D eigenvalue weighted by Gasteiger charge is 2.15. The van der Waals surface area contributed by atoms with E-state index < -0.39 is 10.0 Å². The number of nitrogens with two attached hydrogens (primary N) is 1. The van der Waals surface area contributed by atoms with Crippen molar-refractivity contribution < 1.29 is 8.42 Å². The average molecular weight is 482 g/mol. The van der Waals surface area contributed by atoms with Gasteiger partial charge in [-0.25, -0.2) is 18.1 Å². The largest absolute Gasteiger partial charge is 0.370 e. The molecule has 25 heavy (non-hydrogen) atoms. The van der Waals surface area contributed by atoms with Gasteiger partial charge < -0.3 is 11.1 Å². The summed E-state index contributed by atoms with van der Waals surface area (Å²) in [7, 11) is -3.36. The molecule has 0 saturated carbocycles. The Morgan fingerprint density at radius 3 is 2.32 bits per heavy atom. The van der Waals surface area contributed by atoms with Crippen LogP contribution >= 0.6 is 24.0 Å². The molecule has 1 aromatic carbocycles. The second-order valence-corrected chi connectivity index (χ2v) is 8.36. The first-order valence-electron chi connectivity index (χ1n) is 8.30. The second-order valence-electron chi connectivity index (χ2n) is 6.61. The van der Waals surface area contributed by atoms with Crippen LogP contribution in [-0.2, 0) is 22.3 Å². The Labute approximate surface area is 169 Å². The Balaban J connectivity index is 0.00000576. The van der Waals surface area contributed by atoms with E-state index in [2.05, 4.69) is 28.9 Å². The van der Waals surface area contributed by atoms with E-state index in [9.17, 15) is 8.42 Å². The number of sulfonamides is 1. The lowest BCUT2D eigenvalue weighted by atomic mass is 10.1. The minimum atomic E-state index is -3.36. The first kappa shape index (κ1) is 24.1. The normalized spacial score (nSPS) is 12.3. The van der Waals surface area contributed by atoms with Gasteiger partial charge in [-0.2, -0.15) is 0 Å². The van der Waals surface area contributed by atoms with Crippen molar-refractivity contribution in [1.29, 1.82) is 0 Å². The number of hydrogen-bond donors (Lipinski definition) is 3. The smallest absolute Gasteiger partial charge is 0.216 e. The summed E-state index contributed by atoms with van der Waals surface area (Å²) in [5.41, 5.74) is 7.46. The van der Waals surface area contributed by atoms with Gasteiger partial charge in [-0.3, -0.25) is 0 Å². The molecule has 1 aromatic rings. The number of hydrogen-bond acceptors (Lipinski definition) is 3. The van der Waals surface area contributed by atoms with Gasteiger partial charge in [0.1, 0.15) is 0 Å². The van der Waals surface area contributed by atoms with Crippen molar-refractivity contribution in [2.45, 2.75) is 52.5 Å². The predicted octanol–water partition coefficient (Wildman–Crippen LogP) is 2.58. The number of benzene rings is 1. The van der Waals surface area contributed by atoms with Crippen LogP contribution < -0.4 is 15.8 Å². The molecule has 0 spiro atoms. The van der Waals surface area contributed by atoms with Gasteiger partial charge in [0.15, 0.2) is 5.96 Å². The van der Waals surface area contributed by atoms with Gasteiger partial charge in [-0.1, -0.05) is 38.1 Å². The van der Waals surface area contributed by atoms with Gasteiger partial charge in [0.25, 0.3) is 0 Å². The topological polar surface area (TPSA) is 96.6 Å². The lowest BCUT2D eigenvalue weighted by molar-refractivity contribution is 0.569. The van der Waals surface area contributed by atoms with Crippen molar-refractivity contribution in [2.24, 2.45) is 16.6 Å². The van der Waals surface area contributed by atoms with Crippen LogP contribution in [0.4, 0.5) is 0 Å². The molecule has 0 atom stereocenters. The molecule has 0 aliphatic rings. The van der Waals surface area contributed by atoms with E-state index in [1.807, 2.05) is 24.3 Å². The average Bonchev–Trinajstić information content (AvgIpc) is 2.44. The number of nitrogens with one attached hydrogen (secondary N) is 2. The predicted molar refractivity (Wildman–Crippen MR) is 116 cm³/mol. The molecule has 4 N–H and O–H groups in total. The van der Waals surface area contributed by atoms with Gasteiger partial charge in [-0.15, -0.1) is 24.0 Å². The molecule has 0 saturated heterocycles. The minimum Gasteiger partial charge on any atom is -0.370 e. The Bertz CT molecular complexity index is 646. The standard InChI is InChI=1S/C17H30N4O2S.HI/c1-13(2)9-10-19-17(18)20-11-15-7-5-6-8-16(15)12-24(22,23)21-14(3)4;/h5-8,13-14,21H,9-12H2,1-4H3,(H3,18,19,20);1H. The van der Waals surface area contributed by atoms with Crippen LogP contribution in [-0.4, -0.2) is 27.0 Å². The van der Waals surface area contributed by atoms with Crippen LogP contribution in [0.25, 0.3) is 0 Å². The van der Waals surface area contributed by atoms with Crippen LogP contribution in [0.2, 0.25) is 0 Å². The molecule has 0 aliphatic carbocycles. The summed E-state index contributed by atoms with van der Waals surface area (Å²) in [6, 6.07) is 7.27. The van der Waals surface area contributed by atoms with E-state index in [4.69, 9.17) is 5.73 Å². The number of halogens is 1. The van der Waals surface area contributed by atoms with E-state index in [-0.39, 0.29) is 35.8 Å². The first-order chi connectivity index (χ1) is 11.2. The van der Waals surface area contributed by atoms with Crippen LogP contribution in [0.3, 0.4) is 0 Å². The molecule has 0 aromatic heterocycles. The Kier molecular flexibility index (Phi) is 11.3. The minimum absolute atomic E-state index is 0. The van der Waals surface area contributed by atoms with Crippen molar-refractivity contribution in [1.82, 2.24) is 10.0 Å². The maximum Gasteiger partial charge on any atom is 0.216 e. The summed E-state index contributed by atoms with van der Waals surface area (Å²) < 4.78 is 26.8. The molecule has 1 rings (SSSR count). The summed E-state index contributed by atoms with van der Waals surface area (Å²) in [6.45, 7) is 9.04. The number of aliphatic imine (C=N–C) groups is 1. The van der Waals surface area contributed by atoms with Crippen molar-refractivity contribution in [3.05, 3.63) is 35.4 Å². The van der Waals surface area contributed by atoms with E-state index in [1.54, 1.807) is 13.8 Å². The third-order valence-corrected chi connectivity index (χ3v) is 4.85. The first-order valence-corrected chi connectivity index (χ1v) is 9.95. The molecule has 144 valence electrons. The summed E-state index contributed by atoms with van der Waals surface area (Å²) in [5, 5.41) is 3.08. The second kappa shape index (κ2) is 11.7. The van der Waals surface area contributed by atoms with Crippen LogP contribution in [0.1, 0.15) is 45.2 Å². The summed E-state index contributed by atoms with van der Waals surface area (Å²) in [6.07, 6.45) is 1.02. The molecule has 0 aliphatic heterocycles. The molecular formula is C17H31IN4O2S. The lowest BCUT2D eigenvalue weighted by Crippen LogP contribution is -2.33. The quantitative estimate of drug-likeness (QED) is 0.286. The molecule has 8 heteroatoms. The highest BCUT2D eigenvalue weighted by atomic mass is 127. The fraction of sp³-hybridized carbons (Fsp3) is 0.588. The van der Waals surface area contributed by atoms with Gasteiger partial charge in [-0.05, 0) is 37.3 Å². The van der Waals surface area contributed by atoms with Gasteiger partial charge >= 0.3 is 0 Å². The fourth-order valence-electron chi connectivity index (χ4n) is 2.17. The molecule has 0 amide bonds. The summed E-state index contributed by atoms with van der Waals surface area (Å²) >= 11 is 0. The zero-order valence-corrected chi connectivity index (χ0v) is 18.6. The number of nitrogens with zero attached hydrogens (tertiary/aromatic N) is 1. The highest BCUT2D eigenvalue weighted by Crippen LogP contribution is 2.13. The van der Waals surface area contributed by atoms with Gasteiger partial charge in [0.2, 0.25) is 10.0 Å². The molecule has 0 heterocycles. The molecule has 0 bridgehead atoms. The monoisotopic (exact) mass is 482 g/mol. The summed E-state index contributed by atoms with van der Waals surface area (Å²) in [4.78, 5) is 4.31. The third-order valence-electron chi connectivity index (χ3n) is 3.33. The van der Waals surface area contributed by atoms with Crippen LogP contribution in [0.15, 0.2) is 29.3 Å². The zero-order chi connectivity index (χ0) is 18.2. The number of guanidine groups is 1. The van der Waals surface area contributed by atoms with Crippen molar-refractivity contribution >= 4 is 40.0 Å². The van der Waals surface area contributed by atoms with E-state index in [0.717, 1.165) is 24.1 Å². The van der Waals surface area contributed by atoms with Gasteiger partial charge in [0.05, 0.1) is 12.3 Å². The zero-order valence-electron chi connectivity index (χ0n) is 15.5. The lowest BCUT2D eigenvalue weighted by Gasteiger charge is -2.12. The SMILES string of the molecule is CC(C)CCNC(N)=NCc1ccccc1CS(=O)(=O)NC(C)C.I. The Hall–Kier alpha value is -0.870. The van der Waals surface area contributed by atoms with Crippen LogP contribution in [0.5, 0.6) is 0 Å². The molecule has 0 radical (unpaired) electrons. The van der Waals surface area contributed by atoms with E-state index in [0.29, 0.717) is 18.4 Å². The Morgan fingerprint density at radius 1 is 1.16 bits per heavy atom. The molecule has 0 unspecified atom stereocenters. The van der Waals surface area contributed by atoms with E-state index >= 15 is 0 Å². The molecule has 6 nitrogen and oxygen atoms in total. The maximum absolute atomic E-state index is 12.1. The van der Waals surface area contributed by atoms with E-state index in [1.165, 1.54) is 0 Å². The Morgan fingerprint density at radius 2 is 1.76 bits per heavy atom.